The van der Waals surface area contributed by atoms with Crippen LogP contribution in [0.2, 0.25) is 0 Å². The lowest BCUT2D eigenvalue weighted by Crippen LogP contribution is -2.44. The zero-order valence-electron chi connectivity index (χ0n) is 11.6. The van der Waals surface area contributed by atoms with Gasteiger partial charge < -0.3 is 10.6 Å². The van der Waals surface area contributed by atoms with Crippen LogP contribution in [-0.4, -0.2) is 21.5 Å². The van der Waals surface area contributed by atoms with Crippen LogP contribution in [0.25, 0.3) is 10.8 Å². The Kier molecular flexibility index (Phi) is 6.36. The zero-order chi connectivity index (χ0) is 17.0. The normalized spacial score (nSPS) is 11.3. The molecule has 0 saturated carbocycles. The third kappa shape index (κ3) is 4.64. The van der Waals surface area contributed by atoms with Crippen LogP contribution >= 0.6 is 46.4 Å². The lowest BCUT2D eigenvalue weighted by Gasteiger charge is -2.22. The molecule has 0 unspecified atom stereocenters. The molecule has 8 heteroatoms. The van der Waals surface area contributed by atoms with Gasteiger partial charge in [0, 0.05) is 5.56 Å². The average molecular weight is 394 g/mol. The zero-order valence-corrected chi connectivity index (χ0v) is 14.6. The molecular formula is C15H12Cl4N2O2. The van der Waals surface area contributed by atoms with E-state index in [4.69, 9.17) is 46.4 Å². The second-order valence-electron chi connectivity index (χ2n) is 4.62. The number of amides is 2. The van der Waals surface area contributed by atoms with Crippen LogP contribution in [0.4, 0.5) is 0 Å². The Balaban J connectivity index is 2.42. The van der Waals surface area contributed by atoms with E-state index >= 15 is 0 Å². The minimum Gasteiger partial charge on any atom is -0.330 e. The first-order valence-corrected chi connectivity index (χ1v) is 8.29. The van der Waals surface area contributed by atoms with Gasteiger partial charge in [-0.05, 0) is 10.8 Å². The van der Waals surface area contributed by atoms with Crippen LogP contribution in [0.15, 0.2) is 42.5 Å². The molecular weight excluding hydrogens is 382 g/mol. The van der Waals surface area contributed by atoms with E-state index in [0.717, 1.165) is 10.8 Å². The molecule has 0 spiro atoms. The highest BCUT2D eigenvalue weighted by Gasteiger charge is 2.24. The maximum Gasteiger partial charge on any atom is 0.255 e. The van der Waals surface area contributed by atoms with Gasteiger partial charge in [-0.1, -0.05) is 88.9 Å². The molecule has 0 aliphatic carbocycles. The molecule has 2 aromatic carbocycles. The maximum absolute atomic E-state index is 11.8. The molecule has 2 amide bonds. The molecule has 0 aliphatic rings. The number of hydrogen-bond donors (Lipinski definition) is 2. The third-order valence-electron chi connectivity index (χ3n) is 3.10. The molecule has 0 aromatic heterocycles. The lowest BCUT2D eigenvalue weighted by molar-refractivity contribution is -0.122. The van der Waals surface area contributed by atoms with E-state index in [2.05, 4.69) is 10.6 Å². The maximum atomic E-state index is 11.8. The smallest absolute Gasteiger partial charge is 0.255 e. The highest BCUT2D eigenvalue weighted by atomic mass is 35.5. The topological polar surface area (TPSA) is 58.2 Å². The highest BCUT2D eigenvalue weighted by Crippen LogP contribution is 2.24. The summed E-state index contributed by atoms with van der Waals surface area (Å²) in [5.41, 5.74) is 0.660. The van der Waals surface area contributed by atoms with Crippen molar-refractivity contribution in [1.29, 1.82) is 0 Å². The van der Waals surface area contributed by atoms with Crippen molar-refractivity contribution in [2.45, 2.75) is 15.8 Å². The fraction of sp³-hybridized carbons (Fsp3) is 0.200. The van der Waals surface area contributed by atoms with Crippen LogP contribution in [0.5, 0.6) is 0 Å². The van der Waals surface area contributed by atoms with Crippen LogP contribution < -0.4 is 10.6 Å². The van der Waals surface area contributed by atoms with Gasteiger partial charge in [0.2, 0.25) is 0 Å². The molecule has 0 bridgehead atoms. The van der Waals surface area contributed by atoms with Crippen molar-refractivity contribution >= 4 is 69.0 Å². The first kappa shape index (κ1) is 18.1. The van der Waals surface area contributed by atoms with Gasteiger partial charge in [0.1, 0.15) is 6.17 Å². The molecule has 0 fully saturated rings. The fourth-order valence-electron chi connectivity index (χ4n) is 2.10. The Morgan fingerprint density at radius 1 is 0.783 bits per heavy atom. The molecule has 0 atom stereocenters. The Hall–Kier alpha value is -1.20. The Morgan fingerprint density at radius 2 is 1.30 bits per heavy atom. The van der Waals surface area contributed by atoms with Crippen LogP contribution in [0.1, 0.15) is 11.7 Å². The van der Waals surface area contributed by atoms with E-state index in [0.29, 0.717) is 5.56 Å². The summed E-state index contributed by atoms with van der Waals surface area (Å²) >= 11 is 22.3. The molecule has 2 rings (SSSR count). The van der Waals surface area contributed by atoms with E-state index in [1.54, 1.807) is 12.1 Å². The van der Waals surface area contributed by atoms with Crippen molar-refractivity contribution in [3.63, 3.8) is 0 Å². The van der Waals surface area contributed by atoms with Gasteiger partial charge in [0.25, 0.3) is 11.8 Å². The van der Waals surface area contributed by atoms with Crippen LogP contribution in [0.3, 0.4) is 0 Å². The van der Waals surface area contributed by atoms with Gasteiger partial charge in [-0.3, -0.25) is 9.59 Å². The van der Waals surface area contributed by atoms with Crippen LogP contribution in [-0.2, 0) is 9.59 Å². The van der Waals surface area contributed by atoms with Crippen LogP contribution in [0, 0.1) is 0 Å². The number of rotatable bonds is 5. The van der Waals surface area contributed by atoms with Crippen molar-refractivity contribution in [2.24, 2.45) is 0 Å². The molecule has 0 saturated heterocycles. The predicted octanol–water partition coefficient (Wildman–Crippen LogP) is 3.68. The number of hydrogen-bond acceptors (Lipinski definition) is 2. The van der Waals surface area contributed by atoms with Crippen molar-refractivity contribution in [2.75, 3.05) is 0 Å². The first-order chi connectivity index (χ1) is 10.9. The summed E-state index contributed by atoms with van der Waals surface area (Å²) in [6.07, 6.45) is -0.874. The minimum atomic E-state index is -1.27. The molecule has 0 radical (unpaired) electrons. The Labute approximate surface area is 153 Å². The quantitative estimate of drug-likeness (QED) is 0.601. The van der Waals surface area contributed by atoms with Gasteiger partial charge in [-0.15, -0.1) is 0 Å². The average Bonchev–Trinajstić information content (AvgIpc) is 2.53. The van der Waals surface area contributed by atoms with E-state index in [-0.39, 0.29) is 0 Å². The summed E-state index contributed by atoms with van der Waals surface area (Å²) in [5.74, 6) is -1.29. The third-order valence-corrected chi connectivity index (χ3v) is 3.90. The number of fused-ring (bicyclic) bond motifs is 1. The molecule has 2 aromatic rings. The van der Waals surface area contributed by atoms with E-state index in [1.807, 2.05) is 30.3 Å². The van der Waals surface area contributed by atoms with E-state index in [9.17, 15) is 9.59 Å². The first-order valence-electron chi connectivity index (χ1n) is 6.55. The highest BCUT2D eigenvalue weighted by molar-refractivity contribution is 6.54. The lowest BCUT2D eigenvalue weighted by atomic mass is 10.0. The summed E-state index contributed by atoms with van der Waals surface area (Å²) in [5, 5.41) is 6.91. The van der Waals surface area contributed by atoms with Crippen molar-refractivity contribution < 1.29 is 9.59 Å². The molecule has 4 nitrogen and oxygen atoms in total. The Morgan fingerprint density at radius 3 is 1.87 bits per heavy atom. The van der Waals surface area contributed by atoms with Gasteiger partial charge in [-0.25, -0.2) is 0 Å². The standard InChI is InChI=1S/C15H12Cl4N2O2/c16-11(17)14(22)20-13(21-15(23)12(18)19)10-7-3-5-8-4-1-2-6-9(8)10/h1-7,11-13H,(H,20,22)(H,21,23). The number of halogens is 4. The van der Waals surface area contributed by atoms with E-state index < -0.39 is 27.7 Å². The summed E-state index contributed by atoms with van der Waals surface area (Å²) in [7, 11) is 0. The molecule has 23 heavy (non-hydrogen) atoms. The van der Waals surface area contributed by atoms with Gasteiger partial charge in [0.15, 0.2) is 9.67 Å². The molecule has 0 aliphatic heterocycles. The van der Waals surface area contributed by atoms with Gasteiger partial charge in [0.05, 0.1) is 0 Å². The van der Waals surface area contributed by atoms with Crippen molar-refractivity contribution in [3.8, 4) is 0 Å². The summed E-state index contributed by atoms with van der Waals surface area (Å²) in [4.78, 5) is 21.1. The summed E-state index contributed by atoms with van der Waals surface area (Å²) in [6, 6.07) is 13.0. The van der Waals surface area contributed by atoms with Crippen molar-refractivity contribution in [1.82, 2.24) is 10.6 Å². The number of benzene rings is 2. The number of carbonyl (C=O) groups is 2. The second kappa shape index (κ2) is 8.06. The van der Waals surface area contributed by atoms with Crippen molar-refractivity contribution in [3.05, 3.63) is 48.0 Å². The molecule has 2 N–H and O–H groups in total. The number of nitrogens with one attached hydrogen (secondary N) is 2. The minimum absolute atomic E-state index is 0.646. The molecule has 0 heterocycles. The Bertz CT molecular complexity index is 694. The largest absolute Gasteiger partial charge is 0.330 e. The predicted molar refractivity (Wildman–Crippen MR) is 94.0 cm³/mol. The van der Waals surface area contributed by atoms with E-state index in [1.165, 1.54) is 0 Å². The number of carbonyl (C=O) groups excluding carboxylic acids is 2. The summed E-state index contributed by atoms with van der Waals surface area (Å²) in [6.45, 7) is 0. The second-order valence-corrected chi connectivity index (χ2v) is 6.81. The fourth-order valence-corrected chi connectivity index (χ4v) is 2.36. The SMILES string of the molecule is O=C(NC(NC(=O)C(Cl)Cl)c1cccc2ccccc12)C(Cl)Cl. The molecule has 122 valence electrons. The van der Waals surface area contributed by atoms with Gasteiger partial charge >= 0.3 is 0 Å². The van der Waals surface area contributed by atoms with Gasteiger partial charge in [-0.2, -0.15) is 0 Å². The number of alkyl halides is 4. The summed E-state index contributed by atoms with van der Waals surface area (Å²) < 4.78 is 0. The monoisotopic (exact) mass is 392 g/mol.